The molecule has 156 valence electrons. The van der Waals surface area contributed by atoms with Crippen LogP contribution in [0.4, 0.5) is 15.8 Å². The summed E-state index contributed by atoms with van der Waals surface area (Å²) < 4.78 is 14.0. The molecule has 0 saturated heterocycles. The molecule has 2 aromatic rings. The number of halogens is 1. The second kappa shape index (κ2) is 8.00. The molecule has 0 amide bonds. The van der Waals surface area contributed by atoms with Crippen LogP contribution in [0, 0.1) is 17.1 Å². The van der Waals surface area contributed by atoms with Crippen LogP contribution >= 0.6 is 0 Å². The van der Waals surface area contributed by atoms with E-state index in [1.165, 1.54) is 18.3 Å². The summed E-state index contributed by atoms with van der Waals surface area (Å²) in [5, 5.41) is 23.0. The minimum absolute atomic E-state index is 0.0165. The van der Waals surface area contributed by atoms with Gasteiger partial charge in [0.05, 0.1) is 23.8 Å². The third-order valence-corrected chi connectivity index (χ3v) is 5.32. The Morgan fingerprint density at radius 2 is 2.10 bits per heavy atom. The molecule has 1 atom stereocenters. The van der Waals surface area contributed by atoms with Gasteiger partial charge in [-0.05, 0) is 42.5 Å². The van der Waals surface area contributed by atoms with E-state index in [9.17, 15) is 9.50 Å². The molecular formula is C19H23B3FN7O. The fourth-order valence-electron chi connectivity index (χ4n) is 4.02. The molecule has 0 spiro atoms. The highest BCUT2D eigenvalue weighted by Gasteiger charge is 2.47. The van der Waals surface area contributed by atoms with Crippen molar-refractivity contribution in [2.24, 2.45) is 11.5 Å². The number of hydrogen-bond donors (Lipinski definition) is 4. The number of nitrogens with one attached hydrogen (secondary N) is 1. The van der Waals surface area contributed by atoms with E-state index in [-0.39, 0.29) is 17.2 Å². The first-order valence-electron chi connectivity index (χ1n) is 9.69. The lowest BCUT2D eigenvalue weighted by Gasteiger charge is -2.54. The number of nitrogens with two attached hydrogens (primary N) is 2. The number of fused-ring (bicyclic) bond motifs is 1. The molecule has 31 heavy (non-hydrogen) atoms. The van der Waals surface area contributed by atoms with E-state index >= 15 is 0 Å². The predicted molar refractivity (Wildman–Crippen MR) is 124 cm³/mol. The fourth-order valence-corrected chi connectivity index (χ4v) is 4.02. The molecule has 0 bridgehead atoms. The zero-order chi connectivity index (χ0) is 23.0. The number of allylic oxidation sites excluding steroid dienone is 3. The van der Waals surface area contributed by atoms with Crippen molar-refractivity contribution in [2.75, 3.05) is 5.32 Å². The highest BCUT2D eigenvalue weighted by Crippen LogP contribution is 2.40. The maximum absolute atomic E-state index is 14.0. The van der Waals surface area contributed by atoms with E-state index in [1.54, 1.807) is 31.9 Å². The van der Waals surface area contributed by atoms with Gasteiger partial charge in [-0.15, -0.1) is 0 Å². The fraction of sp³-hybridized carbons (Fsp3) is 0.211. The van der Waals surface area contributed by atoms with Crippen LogP contribution in [-0.2, 0) is 12.0 Å². The lowest BCUT2D eigenvalue weighted by atomic mass is 9.53. The Bertz CT molecular complexity index is 1130. The standard InChI is InChI=1S/C19H23B3FN7O/c1-10(4-11(25)7-24)17(26)30-18(20,21)6-16-13(19(30,22)31)5-12(8-28-16)29-15-2-3-27-9-14(15)23/h2-5,8-9,31H,6,20-22,25-26H2,1H3,(H,27,29)/b11-4-,17-10+. The Morgan fingerprint density at radius 3 is 2.74 bits per heavy atom. The Hall–Kier alpha value is -3.45. The van der Waals surface area contributed by atoms with Crippen molar-refractivity contribution in [1.82, 2.24) is 14.9 Å². The Labute approximate surface area is 183 Å². The first-order valence-corrected chi connectivity index (χ1v) is 9.69. The molecule has 1 aliphatic heterocycles. The van der Waals surface area contributed by atoms with Gasteiger partial charge in [0.2, 0.25) is 0 Å². The van der Waals surface area contributed by atoms with Gasteiger partial charge in [0.1, 0.15) is 38.9 Å². The SMILES string of the molecule is BC1(B)Cc2ncc(Nc3ccncc3F)cc2C(B)(O)N1/C(N)=C(C)/C=C(\N)C#N. The summed E-state index contributed by atoms with van der Waals surface area (Å²) in [6.45, 7) is 1.73. The van der Waals surface area contributed by atoms with E-state index in [2.05, 4.69) is 15.3 Å². The highest BCUT2D eigenvalue weighted by atomic mass is 19.1. The molecule has 0 saturated carbocycles. The molecular weight excluding hydrogens is 394 g/mol. The summed E-state index contributed by atoms with van der Waals surface area (Å²) in [6, 6.07) is 5.10. The summed E-state index contributed by atoms with van der Waals surface area (Å²) >= 11 is 0. The van der Waals surface area contributed by atoms with Crippen LogP contribution in [0.25, 0.3) is 0 Å². The van der Waals surface area contributed by atoms with Crippen molar-refractivity contribution in [3.63, 3.8) is 0 Å². The summed E-state index contributed by atoms with van der Waals surface area (Å²) in [4.78, 5) is 9.95. The molecule has 12 heteroatoms. The van der Waals surface area contributed by atoms with E-state index < -0.39 is 16.8 Å². The minimum atomic E-state index is -1.53. The van der Waals surface area contributed by atoms with E-state index in [0.29, 0.717) is 28.9 Å². The third-order valence-electron chi connectivity index (χ3n) is 5.32. The Morgan fingerprint density at radius 1 is 1.39 bits per heavy atom. The van der Waals surface area contributed by atoms with Gasteiger partial charge in [0.15, 0.2) is 13.7 Å². The molecule has 1 unspecified atom stereocenters. The van der Waals surface area contributed by atoms with Gasteiger partial charge < -0.3 is 26.8 Å². The van der Waals surface area contributed by atoms with E-state index in [1.807, 2.05) is 21.8 Å². The van der Waals surface area contributed by atoms with Gasteiger partial charge in [-0.25, -0.2) is 4.39 Å². The molecule has 0 aromatic carbocycles. The number of hydrogen-bond acceptors (Lipinski definition) is 8. The second-order valence-corrected chi connectivity index (χ2v) is 8.32. The van der Waals surface area contributed by atoms with Crippen LogP contribution in [0.5, 0.6) is 0 Å². The Kier molecular flexibility index (Phi) is 5.74. The molecule has 3 heterocycles. The number of rotatable bonds is 4. The van der Waals surface area contributed by atoms with Crippen molar-refractivity contribution < 1.29 is 9.50 Å². The normalized spacial score (nSPS) is 21.0. The van der Waals surface area contributed by atoms with Crippen molar-refractivity contribution in [1.29, 1.82) is 5.26 Å². The topological polar surface area (TPSA) is 137 Å². The van der Waals surface area contributed by atoms with Crippen LogP contribution < -0.4 is 16.8 Å². The smallest absolute Gasteiger partial charge is 0.176 e. The zero-order valence-corrected chi connectivity index (χ0v) is 17.9. The second-order valence-electron chi connectivity index (χ2n) is 8.32. The first kappa shape index (κ1) is 22.2. The number of pyridine rings is 2. The van der Waals surface area contributed by atoms with Gasteiger partial charge in [0.25, 0.3) is 0 Å². The summed E-state index contributed by atoms with van der Waals surface area (Å²) in [6.07, 6.45) is 6.17. The molecule has 1 aliphatic rings. The number of nitrogens with zero attached hydrogens (tertiary/aromatic N) is 4. The Balaban J connectivity index is 2.08. The maximum Gasteiger partial charge on any atom is 0.176 e. The quantitative estimate of drug-likeness (QED) is 0.266. The van der Waals surface area contributed by atoms with Gasteiger partial charge in [-0.2, -0.15) is 5.26 Å². The van der Waals surface area contributed by atoms with Crippen molar-refractivity contribution in [3.05, 3.63) is 71.0 Å². The summed E-state index contributed by atoms with van der Waals surface area (Å²) in [7, 11) is 5.52. The number of anilines is 2. The van der Waals surface area contributed by atoms with Crippen molar-refractivity contribution in [3.8, 4) is 6.07 Å². The van der Waals surface area contributed by atoms with Gasteiger partial charge in [-0.3, -0.25) is 9.97 Å². The summed E-state index contributed by atoms with van der Waals surface area (Å²) in [5.74, 6) is -0.211. The van der Waals surface area contributed by atoms with Crippen molar-refractivity contribution in [2.45, 2.75) is 24.3 Å². The average Bonchev–Trinajstić information content (AvgIpc) is 2.69. The average molecular weight is 417 g/mol. The van der Waals surface area contributed by atoms with Crippen LogP contribution in [0.3, 0.4) is 0 Å². The lowest BCUT2D eigenvalue weighted by Crippen LogP contribution is -2.65. The summed E-state index contributed by atoms with van der Waals surface area (Å²) in [5.41, 5.74) is 13.1. The van der Waals surface area contributed by atoms with Crippen LogP contribution in [-0.4, -0.2) is 48.9 Å². The lowest BCUT2D eigenvalue weighted by molar-refractivity contribution is -0.0496. The van der Waals surface area contributed by atoms with Gasteiger partial charge in [-0.1, -0.05) is 0 Å². The van der Waals surface area contributed by atoms with Crippen LogP contribution in [0.15, 0.2) is 53.9 Å². The zero-order valence-electron chi connectivity index (χ0n) is 17.9. The van der Waals surface area contributed by atoms with Gasteiger partial charge >= 0.3 is 0 Å². The monoisotopic (exact) mass is 417 g/mol. The van der Waals surface area contributed by atoms with Crippen LogP contribution in [0.1, 0.15) is 18.2 Å². The molecule has 2 aromatic heterocycles. The third kappa shape index (κ3) is 4.23. The molecule has 0 aliphatic carbocycles. The molecule has 8 nitrogen and oxygen atoms in total. The minimum Gasteiger partial charge on any atom is -0.390 e. The number of aromatic nitrogens is 2. The first-order chi connectivity index (χ1) is 14.5. The van der Waals surface area contributed by atoms with Crippen LogP contribution in [0.2, 0.25) is 0 Å². The van der Waals surface area contributed by atoms with E-state index in [0.717, 1.165) is 6.20 Å². The number of nitriles is 1. The molecule has 6 N–H and O–H groups in total. The predicted octanol–water partition coefficient (Wildman–Crippen LogP) is -1.57. The van der Waals surface area contributed by atoms with Crippen molar-refractivity contribution >= 4 is 34.9 Å². The van der Waals surface area contributed by atoms with Gasteiger partial charge in [0, 0.05) is 17.5 Å². The number of aliphatic hydroxyl groups is 1. The largest absolute Gasteiger partial charge is 0.390 e. The molecule has 3 rings (SSSR count). The molecule has 0 radical (unpaired) electrons. The molecule has 0 fully saturated rings. The highest BCUT2D eigenvalue weighted by molar-refractivity contribution is 6.40. The maximum atomic E-state index is 14.0. The van der Waals surface area contributed by atoms with E-state index in [4.69, 9.17) is 16.7 Å².